The van der Waals surface area contributed by atoms with Gasteiger partial charge in [-0.3, -0.25) is 0 Å². The fraction of sp³-hybridized carbons (Fsp3) is 0.611. The van der Waals surface area contributed by atoms with E-state index in [0.29, 0.717) is 18.6 Å². The lowest BCUT2D eigenvalue weighted by molar-refractivity contribution is -0.231. The van der Waals surface area contributed by atoms with Gasteiger partial charge in [0, 0.05) is 0 Å². The number of halogens is 5. The summed E-state index contributed by atoms with van der Waals surface area (Å²) in [6.45, 7) is 3.05. The second-order valence-electron chi connectivity index (χ2n) is 5.79. The Morgan fingerprint density at radius 3 is 2.08 bits per heavy atom. The second-order valence-corrected chi connectivity index (χ2v) is 5.79. The van der Waals surface area contributed by atoms with E-state index < -0.39 is 29.1 Å². The van der Waals surface area contributed by atoms with Gasteiger partial charge in [0.15, 0.2) is 17.5 Å². The minimum absolute atomic E-state index is 0.288. The first-order valence-corrected chi connectivity index (χ1v) is 8.41. The van der Waals surface area contributed by atoms with Crippen molar-refractivity contribution in [1.82, 2.24) is 0 Å². The Morgan fingerprint density at radius 2 is 1.46 bits per heavy atom. The van der Waals surface area contributed by atoms with Gasteiger partial charge >= 0.3 is 6.11 Å². The first kappa shape index (κ1) is 20.9. The van der Waals surface area contributed by atoms with Crippen LogP contribution in [-0.4, -0.2) is 0 Å². The van der Waals surface area contributed by atoms with Gasteiger partial charge in [-0.1, -0.05) is 58.3 Å². The van der Waals surface area contributed by atoms with Crippen LogP contribution in [0.2, 0.25) is 0 Å². The lowest BCUT2D eigenvalue weighted by atomic mass is 10.1. The third-order valence-electron chi connectivity index (χ3n) is 3.76. The normalized spacial score (nSPS) is 11.9. The zero-order chi connectivity index (χ0) is 18.0. The summed E-state index contributed by atoms with van der Waals surface area (Å²) < 4.78 is 70.8. The van der Waals surface area contributed by atoms with Crippen LogP contribution < -0.4 is 0 Å². The van der Waals surface area contributed by atoms with Crippen LogP contribution in [-0.2, 0) is 10.8 Å². The summed E-state index contributed by atoms with van der Waals surface area (Å²) in [6, 6.07) is 0.932. The van der Waals surface area contributed by atoms with Crippen LogP contribution in [0.4, 0.5) is 22.0 Å². The Morgan fingerprint density at radius 1 is 0.875 bits per heavy atom. The van der Waals surface area contributed by atoms with Crippen LogP contribution in [0.5, 0.6) is 0 Å². The molecule has 0 heterocycles. The highest BCUT2D eigenvalue weighted by Crippen LogP contribution is 2.34. The molecule has 0 unspecified atom stereocenters. The fourth-order valence-electron chi connectivity index (χ4n) is 2.34. The van der Waals surface area contributed by atoms with Gasteiger partial charge in [0.05, 0.1) is 12.2 Å². The molecule has 1 radical (unpaired) electrons. The van der Waals surface area contributed by atoms with Gasteiger partial charge in [-0.05, 0) is 18.6 Å². The van der Waals surface area contributed by atoms with Gasteiger partial charge < -0.3 is 4.74 Å². The Hall–Kier alpha value is -1.17. The summed E-state index contributed by atoms with van der Waals surface area (Å²) in [7, 11) is 0. The molecule has 0 saturated carbocycles. The molecule has 6 heteroatoms. The quantitative estimate of drug-likeness (QED) is 0.227. The van der Waals surface area contributed by atoms with E-state index in [-0.39, 0.29) is 6.42 Å². The van der Waals surface area contributed by atoms with E-state index in [1.165, 1.54) is 25.7 Å². The van der Waals surface area contributed by atoms with Crippen molar-refractivity contribution in [2.75, 3.05) is 0 Å². The SMILES string of the molecule is CCCCCCCCCC[CH]OC(F)(F)c1ccc(F)c(F)c1F. The van der Waals surface area contributed by atoms with Crippen molar-refractivity contribution in [3.63, 3.8) is 0 Å². The van der Waals surface area contributed by atoms with Gasteiger partial charge in [0.1, 0.15) is 0 Å². The standard InChI is InChI=1S/C18H24F5O/c1-2-3-4-5-6-7-8-9-10-13-24-18(22,23)14-11-12-15(19)17(21)16(14)20/h11-13H,2-10H2,1H3. The maximum absolute atomic E-state index is 13.7. The van der Waals surface area contributed by atoms with Crippen molar-refractivity contribution in [2.45, 2.75) is 70.8 Å². The average Bonchev–Trinajstić information content (AvgIpc) is 2.54. The van der Waals surface area contributed by atoms with E-state index in [0.717, 1.165) is 25.9 Å². The molecule has 0 bridgehead atoms. The molecule has 24 heavy (non-hydrogen) atoms. The molecule has 0 saturated heterocycles. The maximum atomic E-state index is 13.7. The molecule has 1 nitrogen and oxygen atoms in total. The minimum atomic E-state index is -4.03. The molecule has 0 fully saturated rings. The van der Waals surface area contributed by atoms with E-state index in [9.17, 15) is 22.0 Å². The third-order valence-corrected chi connectivity index (χ3v) is 3.76. The first-order valence-electron chi connectivity index (χ1n) is 8.41. The number of alkyl halides is 2. The van der Waals surface area contributed by atoms with Crippen LogP contribution in [0.25, 0.3) is 0 Å². The fourth-order valence-corrected chi connectivity index (χ4v) is 2.34. The second kappa shape index (κ2) is 10.6. The Balaban J connectivity index is 2.26. The molecule has 0 aliphatic heterocycles. The van der Waals surface area contributed by atoms with E-state index in [4.69, 9.17) is 0 Å². The topological polar surface area (TPSA) is 9.23 Å². The van der Waals surface area contributed by atoms with Crippen molar-refractivity contribution >= 4 is 0 Å². The summed E-state index contributed by atoms with van der Waals surface area (Å²) >= 11 is 0. The maximum Gasteiger partial charge on any atom is 0.386 e. The highest BCUT2D eigenvalue weighted by Gasteiger charge is 2.37. The van der Waals surface area contributed by atoms with E-state index >= 15 is 0 Å². The Kier molecular flexibility index (Phi) is 9.26. The van der Waals surface area contributed by atoms with Crippen molar-refractivity contribution in [1.29, 1.82) is 0 Å². The summed E-state index contributed by atoms with van der Waals surface area (Å²) in [5.41, 5.74) is -1.31. The van der Waals surface area contributed by atoms with E-state index in [1.807, 2.05) is 0 Å². The minimum Gasteiger partial charge on any atom is -0.310 e. The summed E-state index contributed by atoms with van der Waals surface area (Å²) in [4.78, 5) is 0. The summed E-state index contributed by atoms with van der Waals surface area (Å²) in [5, 5.41) is 0. The highest BCUT2D eigenvalue weighted by molar-refractivity contribution is 5.23. The van der Waals surface area contributed by atoms with Gasteiger partial charge in [-0.25, -0.2) is 13.2 Å². The summed E-state index contributed by atoms with van der Waals surface area (Å²) in [5.74, 6) is -5.38. The number of unbranched alkanes of at least 4 members (excludes halogenated alkanes) is 8. The average molecular weight is 351 g/mol. The third kappa shape index (κ3) is 6.75. The molecular weight excluding hydrogens is 327 g/mol. The van der Waals surface area contributed by atoms with Crippen molar-refractivity contribution < 1.29 is 26.7 Å². The summed E-state index contributed by atoms with van der Waals surface area (Å²) in [6.07, 6.45) is 4.83. The molecule has 0 aliphatic rings. The Bertz CT molecular complexity index is 491. The van der Waals surface area contributed by atoms with Crippen molar-refractivity contribution in [3.8, 4) is 0 Å². The van der Waals surface area contributed by atoms with Crippen LogP contribution >= 0.6 is 0 Å². The molecule has 0 atom stereocenters. The van der Waals surface area contributed by atoms with Gasteiger partial charge in [0.25, 0.3) is 0 Å². The van der Waals surface area contributed by atoms with Crippen molar-refractivity contribution in [3.05, 3.63) is 41.8 Å². The zero-order valence-corrected chi connectivity index (χ0v) is 13.9. The van der Waals surface area contributed by atoms with Gasteiger partial charge in [-0.15, -0.1) is 0 Å². The molecule has 1 aromatic rings. The molecule has 1 aromatic carbocycles. The number of ether oxygens (including phenoxy) is 1. The largest absolute Gasteiger partial charge is 0.386 e. The number of rotatable bonds is 12. The van der Waals surface area contributed by atoms with Crippen LogP contribution in [0, 0.1) is 24.1 Å². The lowest BCUT2D eigenvalue weighted by Crippen LogP contribution is -2.20. The predicted molar refractivity (Wildman–Crippen MR) is 82.8 cm³/mol. The molecule has 0 N–H and O–H groups in total. The van der Waals surface area contributed by atoms with E-state index in [1.54, 1.807) is 0 Å². The van der Waals surface area contributed by atoms with Crippen LogP contribution in [0.3, 0.4) is 0 Å². The number of benzene rings is 1. The van der Waals surface area contributed by atoms with Crippen molar-refractivity contribution in [2.24, 2.45) is 0 Å². The monoisotopic (exact) mass is 351 g/mol. The Labute approximate surface area is 140 Å². The molecular formula is C18H24F5O. The van der Waals surface area contributed by atoms with Crippen LogP contribution in [0.1, 0.15) is 70.3 Å². The molecule has 0 amide bonds. The zero-order valence-electron chi connectivity index (χ0n) is 13.9. The number of hydrogen-bond donors (Lipinski definition) is 0. The smallest absolute Gasteiger partial charge is 0.310 e. The number of hydrogen-bond acceptors (Lipinski definition) is 1. The molecule has 1 rings (SSSR count). The molecule has 0 spiro atoms. The van der Waals surface area contributed by atoms with E-state index in [2.05, 4.69) is 11.7 Å². The lowest BCUT2D eigenvalue weighted by Gasteiger charge is -2.17. The highest BCUT2D eigenvalue weighted by atomic mass is 19.3. The van der Waals surface area contributed by atoms with Gasteiger partial charge in [0.2, 0.25) is 0 Å². The molecule has 0 aromatic heterocycles. The molecule has 0 aliphatic carbocycles. The van der Waals surface area contributed by atoms with Crippen LogP contribution in [0.15, 0.2) is 12.1 Å². The predicted octanol–water partition coefficient (Wildman–Crippen LogP) is 6.86. The molecule has 137 valence electrons. The van der Waals surface area contributed by atoms with Gasteiger partial charge in [-0.2, -0.15) is 8.78 Å². The first-order chi connectivity index (χ1) is 11.4.